The van der Waals surface area contributed by atoms with Crippen LogP contribution in [0.1, 0.15) is 195 Å². The van der Waals surface area contributed by atoms with Crippen LogP contribution in [0.3, 0.4) is 0 Å². The third-order valence-corrected chi connectivity index (χ3v) is 19.2. The number of aldehydes is 2. The van der Waals surface area contributed by atoms with E-state index in [2.05, 4.69) is 131 Å². The van der Waals surface area contributed by atoms with Gasteiger partial charge in [-0.15, -0.1) is 0 Å². The topological polar surface area (TPSA) is 545 Å². The third kappa shape index (κ3) is 35.2. The number of carbonyl (C=O) groups excluding carboxylic acids is 8. The lowest BCUT2D eigenvalue weighted by atomic mass is 9.78. The molecule has 3 fully saturated rings. The lowest BCUT2D eigenvalue weighted by molar-refractivity contribution is 0.00578. The summed E-state index contributed by atoms with van der Waals surface area (Å²) in [4.78, 5) is 118. The van der Waals surface area contributed by atoms with Crippen molar-refractivity contribution in [3.8, 4) is 11.5 Å². The number of pyridine rings is 6. The van der Waals surface area contributed by atoms with Gasteiger partial charge in [0.15, 0.2) is 24.0 Å². The number of hydrogen-bond acceptors (Lipinski definition) is 39. The predicted molar refractivity (Wildman–Crippen MR) is 468 cm³/mol. The van der Waals surface area contributed by atoms with Crippen LogP contribution in [-0.4, -0.2) is 256 Å². The molecule has 678 valence electrons. The van der Waals surface area contributed by atoms with E-state index in [-0.39, 0.29) is 58.9 Å². The van der Waals surface area contributed by atoms with Gasteiger partial charge in [0, 0.05) is 102 Å². The molecule has 6 aromatic rings. The van der Waals surface area contributed by atoms with E-state index in [0.29, 0.717) is 139 Å². The minimum Gasteiger partial charge on any atom is -0.493 e. The molecule has 3 saturated heterocycles. The predicted octanol–water partition coefficient (Wildman–Crippen LogP) is 3.39. The Morgan fingerprint density at radius 3 is 0.927 bits per heavy atom. The molecule has 0 spiro atoms. The van der Waals surface area contributed by atoms with Crippen molar-refractivity contribution < 1.29 is 119 Å². The first-order chi connectivity index (χ1) is 58.2. The van der Waals surface area contributed by atoms with Gasteiger partial charge < -0.3 is 104 Å². The van der Waals surface area contributed by atoms with Crippen molar-refractivity contribution in [1.82, 2.24) is 51.2 Å². The largest absolute Gasteiger partial charge is 0.494 e. The molecule has 3 aliphatic heterocycles. The Morgan fingerprint density at radius 1 is 0.382 bits per heavy atom. The number of halogens is 3. The zero-order valence-electron chi connectivity index (χ0n) is 73.1. The molecular weight excluding hydrogens is 1810 g/mol. The van der Waals surface area contributed by atoms with E-state index in [1.54, 1.807) is 36.4 Å². The number of nitrogens with zero attached hydrogens (tertiary/aromatic N) is 6. The molecule has 9 rings (SSSR count). The molecule has 0 radical (unpaired) electrons. The summed E-state index contributed by atoms with van der Waals surface area (Å²) >= 11 is 9.71. The van der Waals surface area contributed by atoms with Crippen molar-refractivity contribution in [3.63, 3.8) is 0 Å². The highest BCUT2D eigenvalue weighted by Crippen LogP contribution is 2.39. The first-order valence-electron chi connectivity index (χ1n) is 37.8. The second kappa shape index (κ2) is 55.2. The van der Waals surface area contributed by atoms with Gasteiger partial charge in [-0.25, -0.2) is 58.7 Å². The molecule has 0 bridgehead atoms. The second-order valence-electron chi connectivity index (χ2n) is 28.4. The summed E-state index contributed by atoms with van der Waals surface area (Å²) in [6, 6.07) is 19.7. The fraction of sp³-hybridized carbons (Fsp3) is 0.513. The van der Waals surface area contributed by atoms with Gasteiger partial charge in [-0.2, -0.15) is 0 Å². The summed E-state index contributed by atoms with van der Waals surface area (Å²) in [6.07, 6.45) is 1.12. The Labute approximate surface area is 743 Å². The van der Waals surface area contributed by atoms with Crippen molar-refractivity contribution in [3.05, 3.63) is 147 Å². The summed E-state index contributed by atoms with van der Waals surface area (Å²) in [5, 5.41) is 28.3. The fourth-order valence-electron chi connectivity index (χ4n) is 10.3. The number of methoxy groups -OCH3 is 6. The minimum atomic E-state index is -0.667. The van der Waals surface area contributed by atoms with E-state index in [4.69, 9.17) is 71.3 Å². The molecule has 39 nitrogen and oxygen atoms in total. The second-order valence-corrected chi connectivity index (χ2v) is 30.5. The van der Waals surface area contributed by atoms with Crippen LogP contribution in [0.2, 0.25) is 0 Å². The summed E-state index contributed by atoms with van der Waals surface area (Å²) in [5.41, 5.74) is 22.1. The first kappa shape index (κ1) is 111. The van der Waals surface area contributed by atoms with Crippen molar-refractivity contribution >= 4 is 134 Å². The maximum absolute atomic E-state index is 12.4. The van der Waals surface area contributed by atoms with Crippen LogP contribution in [-0.2, 0) is 93.9 Å². The number of ether oxygens (including phenoxy) is 9. The van der Waals surface area contributed by atoms with E-state index in [1.165, 1.54) is 60.9 Å². The Balaban J connectivity index is 0.000000565. The summed E-state index contributed by atoms with van der Waals surface area (Å²) in [7, 11) is 7.77. The average molecular weight is 1920 g/mol. The number of aliphatic hydroxyl groups excluding tert-OH is 2. The molecule has 123 heavy (non-hydrogen) atoms. The molecule has 0 unspecified atom stereocenters. The molecular formula is C78H116B3Br3N14O25. The van der Waals surface area contributed by atoms with E-state index in [0.717, 1.165) is 19.8 Å². The van der Waals surface area contributed by atoms with Gasteiger partial charge in [0.25, 0.3) is 0 Å². The van der Waals surface area contributed by atoms with Crippen molar-refractivity contribution in [1.29, 1.82) is 0 Å². The molecule has 9 heterocycles. The van der Waals surface area contributed by atoms with E-state index in [1.807, 2.05) is 101 Å². The Hall–Kier alpha value is -8.39. The van der Waals surface area contributed by atoms with Crippen molar-refractivity contribution in [2.45, 2.75) is 149 Å². The zero-order chi connectivity index (χ0) is 93.1. The Kier molecular flexibility index (Phi) is 49.6. The molecule has 0 saturated carbocycles. The van der Waals surface area contributed by atoms with Crippen LogP contribution >= 0.6 is 47.8 Å². The van der Waals surface area contributed by atoms with Crippen molar-refractivity contribution in [2.75, 3.05) is 113 Å². The Bertz CT molecular complexity index is 4130. The number of carbonyl (C=O) groups is 8. The number of nitrogens with one attached hydrogen (secondary N) is 4. The smallest absolute Gasteiger partial charge is 0.493 e. The number of aromatic nitrogens is 6. The lowest BCUT2D eigenvalue weighted by Gasteiger charge is -2.32. The van der Waals surface area contributed by atoms with Crippen LogP contribution in [0.25, 0.3) is 0 Å². The molecule has 45 heteroatoms. The summed E-state index contributed by atoms with van der Waals surface area (Å²) < 4.78 is 81.2. The van der Waals surface area contributed by atoms with Crippen molar-refractivity contribution in [2.24, 2.45) is 22.9 Å². The number of esters is 6. The van der Waals surface area contributed by atoms with Gasteiger partial charge >= 0.3 is 57.2 Å². The van der Waals surface area contributed by atoms with Crippen LogP contribution in [0.15, 0.2) is 72.8 Å². The molecule has 0 amide bonds. The highest BCUT2D eigenvalue weighted by atomic mass is 79.9. The lowest BCUT2D eigenvalue weighted by Crippen LogP contribution is -2.41. The molecule has 0 aliphatic carbocycles. The van der Waals surface area contributed by atoms with Crippen LogP contribution < -0.4 is 70.1 Å². The SMILES string of the molecule is CO.CO.COC(=O)c1cc(B2OC(C)(C)C(C)(C)O2)cc(C=O)n1.COC(=O)c1cc(B2OC(C)(C)C(C)(C)O2)cc(CNCNCc2cc(B3OC(C)(C)C(C)(C)O3)cc(C(=O)OC)n2)n1.COC(=O)c1cc(COCBr)cc(CNCNCc2cc(OCCBr)cc(C(=O)OC)n2)n1.COC(=O)c1cc(OCCBr)cc(C=O)n1.NCN.NCN. The van der Waals surface area contributed by atoms with E-state index >= 15 is 0 Å². The average Bonchev–Trinajstić information content (AvgIpc) is 1.63. The standard InChI is InChI=1S/C29H42B2N4O8.C21H26Br2N4O6.C14H18BNO5.C10H10BrNO4.2CH6N2.2CH4O/c1-26(2)27(3,4)41-30(40-26)18-11-20(34-22(13-18)24(36)38-9)15-32-17-33-16-21-12-19(14-23(35-21)25(37)39-10)31-42-28(5,6)29(7,8)43-31;1-30-20(28)18-6-14(11-32-12-23)5-15(26-18)9-24-13-25-10-16-7-17(33-4-3-22)8-19(27-16)21(29)31-2;1-13(2)14(3,4)21-15(20-13)9-6-10(8-17)16-11(7-9)12(18)19-5;1-15-10(14)9-5-8(16-3-2-11)4-7(6-13)12-9;2*2-1-3;2*1-2/h11-14,32-33H,15-17H2,1-10H3;5-8,24-25H,3-4,9-13H2,1-2H3;6-8H,1-5H3;4-6H,2-3H2,1H3;2*1-3H2;2*2H,1H3. The third-order valence-electron chi connectivity index (χ3n) is 18.2. The molecule has 3 aliphatic rings. The summed E-state index contributed by atoms with van der Waals surface area (Å²) in [6.45, 7) is 27.5. The number of hydrogen-bond donors (Lipinski definition) is 10. The number of nitrogens with two attached hydrogens (primary N) is 4. The number of aliphatic hydroxyl groups is 2. The minimum absolute atomic E-state index is 0.0480. The van der Waals surface area contributed by atoms with Gasteiger partial charge in [0.1, 0.15) is 51.2 Å². The quantitative estimate of drug-likeness (QED) is 0.00550. The highest BCUT2D eigenvalue weighted by molar-refractivity contribution is 9.09. The van der Waals surface area contributed by atoms with Crippen LogP contribution in [0, 0.1) is 0 Å². The zero-order valence-corrected chi connectivity index (χ0v) is 77.9. The molecule has 14 N–H and O–H groups in total. The summed E-state index contributed by atoms with van der Waals surface area (Å²) in [5.74, 6) is -2.41. The molecule has 0 atom stereocenters. The maximum Gasteiger partial charge on any atom is 0.494 e. The van der Waals surface area contributed by atoms with Gasteiger partial charge in [0.05, 0.1) is 119 Å². The highest BCUT2D eigenvalue weighted by Gasteiger charge is 2.54. The van der Waals surface area contributed by atoms with Crippen LogP contribution in [0.5, 0.6) is 11.5 Å². The van der Waals surface area contributed by atoms with Gasteiger partial charge in [-0.3, -0.25) is 30.9 Å². The first-order valence-corrected chi connectivity index (χ1v) is 41.2. The number of rotatable bonds is 32. The molecule has 6 aromatic heterocycles. The monoisotopic (exact) mass is 1920 g/mol. The normalized spacial score (nSPS) is 14.8. The van der Waals surface area contributed by atoms with E-state index in [9.17, 15) is 38.4 Å². The Morgan fingerprint density at radius 2 is 0.634 bits per heavy atom. The van der Waals surface area contributed by atoms with Crippen LogP contribution in [0.4, 0.5) is 0 Å². The van der Waals surface area contributed by atoms with Gasteiger partial charge in [-0.05, 0) is 154 Å². The fourth-order valence-corrected chi connectivity index (χ4v) is 10.8. The number of alkyl halides is 3. The van der Waals surface area contributed by atoms with Gasteiger partial charge in [-0.1, -0.05) is 47.8 Å². The van der Waals surface area contributed by atoms with E-state index < -0.39 is 90.8 Å². The maximum atomic E-state index is 12.4. The molecule has 0 aromatic carbocycles. The van der Waals surface area contributed by atoms with Gasteiger partial charge in [0.2, 0.25) is 0 Å².